The SMILES string of the molecule is O=C(c1cnn(C(=O)N2CC3CN(Cc4cc(Cl)ccc4Cl)CC3C2)c1)N1CCCC1. The van der Waals surface area contributed by atoms with E-state index in [4.69, 9.17) is 23.2 Å². The number of hydrogen-bond donors (Lipinski definition) is 0. The summed E-state index contributed by atoms with van der Waals surface area (Å²) in [4.78, 5) is 31.5. The molecule has 3 saturated heterocycles. The summed E-state index contributed by atoms with van der Waals surface area (Å²) in [6.07, 6.45) is 5.16. The first-order chi connectivity index (χ1) is 15.0. The van der Waals surface area contributed by atoms with E-state index in [-0.39, 0.29) is 11.9 Å². The predicted molar refractivity (Wildman–Crippen MR) is 118 cm³/mol. The maximum atomic E-state index is 12.9. The monoisotopic (exact) mass is 461 g/mol. The number of likely N-dealkylation sites (tertiary alicyclic amines) is 3. The Labute approximate surface area is 191 Å². The molecule has 5 rings (SSSR count). The van der Waals surface area contributed by atoms with E-state index in [1.165, 1.54) is 10.9 Å². The van der Waals surface area contributed by atoms with Gasteiger partial charge in [-0.1, -0.05) is 23.2 Å². The van der Waals surface area contributed by atoms with Crippen molar-refractivity contribution in [3.05, 3.63) is 51.8 Å². The Balaban J connectivity index is 1.18. The summed E-state index contributed by atoms with van der Waals surface area (Å²) in [5.74, 6) is 0.830. The summed E-state index contributed by atoms with van der Waals surface area (Å²) in [7, 11) is 0. The maximum Gasteiger partial charge on any atom is 0.344 e. The summed E-state index contributed by atoms with van der Waals surface area (Å²) in [5.41, 5.74) is 1.52. The lowest BCUT2D eigenvalue weighted by molar-refractivity contribution is 0.0793. The highest BCUT2D eigenvalue weighted by atomic mass is 35.5. The summed E-state index contributed by atoms with van der Waals surface area (Å²) in [6, 6.07) is 5.41. The van der Waals surface area contributed by atoms with E-state index in [0.29, 0.717) is 35.5 Å². The summed E-state index contributed by atoms with van der Waals surface area (Å²) in [6.45, 7) is 5.59. The summed E-state index contributed by atoms with van der Waals surface area (Å²) in [5, 5.41) is 5.60. The van der Waals surface area contributed by atoms with E-state index in [1.54, 1.807) is 12.3 Å². The topological polar surface area (TPSA) is 61.7 Å². The number of aromatic nitrogens is 2. The van der Waals surface area contributed by atoms with Crippen molar-refractivity contribution in [1.29, 1.82) is 0 Å². The Bertz CT molecular complexity index is 990. The van der Waals surface area contributed by atoms with Crippen LogP contribution in [0.5, 0.6) is 0 Å². The molecule has 0 aliphatic carbocycles. The molecule has 2 aromatic rings. The first-order valence-corrected chi connectivity index (χ1v) is 11.5. The van der Waals surface area contributed by atoms with Crippen LogP contribution in [0.3, 0.4) is 0 Å². The fourth-order valence-corrected chi connectivity index (χ4v) is 5.44. The molecular weight excluding hydrogens is 437 g/mol. The Hall–Kier alpha value is -2.09. The van der Waals surface area contributed by atoms with Crippen LogP contribution >= 0.6 is 23.2 Å². The van der Waals surface area contributed by atoms with Gasteiger partial charge >= 0.3 is 6.03 Å². The van der Waals surface area contributed by atoms with Crippen LogP contribution in [0.25, 0.3) is 0 Å². The van der Waals surface area contributed by atoms with Crippen molar-refractivity contribution < 1.29 is 9.59 Å². The van der Waals surface area contributed by atoms with Crippen molar-refractivity contribution in [2.45, 2.75) is 19.4 Å². The zero-order chi connectivity index (χ0) is 21.5. The number of amides is 2. The lowest BCUT2D eigenvalue weighted by Crippen LogP contribution is -2.36. The quantitative estimate of drug-likeness (QED) is 0.701. The minimum absolute atomic E-state index is 0.0369. The van der Waals surface area contributed by atoms with E-state index in [9.17, 15) is 9.59 Å². The highest BCUT2D eigenvalue weighted by Crippen LogP contribution is 2.33. The number of nitrogens with zero attached hydrogens (tertiary/aromatic N) is 5. The van der Waals surface area contributed by atoms with Crippen LogP contribution in [0, 0.1) is 11.8 Å². The number of halogens is 2. The van der Waals surface area contributed by atoms with Gasteiger partial charge in [0.15, 0.2) is 0 Å². The Kier molecular flexibility index (Phi) is 5.67. The number of rotatable bonds is 3. The van der Waals surface area contributed by atoms with Gasteiger partial charge in [0.05, 0.1) is 11.8 Å². The number of benzene rings is 1. The van der Waals surface area contributed by atoms with Crippen LogP contribution < -0.4 is 0 Å². The second-order valence-electron chi connectivity index (χ2n) is 8.81. The van der Waals surface area contributed by atoms with E-state index in [1.807, 2.05) is 21.9 Å². The van der Waals surface area contributed by atoms with Crippen LogP contribution in [0.4, 0.5) is 4.79 Å². The molecule has 0 saturated carbocycles. The molecule has 1 aromatic carbocycles. The van der Waals surface area contributed by atoms with Gasteiger partial charge in [0.1, 0.15) is 0 Å². The van der Waals surface area contributed by atoms with Gasteiger partial charge in [0.25, 0.3) is 5.91 Å². The third-order valence-electron chi connectivity index (χ3n) is 6.65. The first kappa shape index (κ1) is 20.8. The lowest BCUT2D eigenvalue weighted by Gasteiger charge is -2.22. The molecule has 9 heteroatoms. The van der Waals surface area contributed by atoms with Gasteiger partial charge < -0.3 is 9.80 Å². The standard InChI is InChI=1S/C22H25Cl2N5O2/c23-19-3-4-20(24)15(7-19)9-26-10-17-12-28(13-18(17)11-26)22(31)29-14-16(8-25-29)21(30)27-5-1-2-6-27/h3-4,7-8,14,17-18H,1-2,5-6,9-13H2. The van der Waals surface area contributed by atoms with Gasteiger partial charge in [-0.25, -0.2) is 4.79 Å². The fraction of sp³-hybridized carbons (Fsp3) is 0.500. The molecule has 3 aliphatic heterocycles. The average molecular weight is 462 g/mol. The van der Waals surface area contributed by atoms with E-state index >= 15 is 0 Å². The van der Waals surface area contributed by atoms with Crippen molar-refractivity contribution in [3.63, 3.8) is 0 Å². The third kappa shape index (κ3) is 4.19. The Morgan fingerprint density at radius 2 is 1.71 bits per heavy atom. The van der Waals surface area contributed by atoms with Crippen LogP contribution in [0.2, 0.25) is 10.0 Å². The zero-order valence-electron chi connectivity index (χ0n) is 17.2. The van der Waals surface area contributed by atoms with Crippen molar-refractivity contribution in [3.8, 4) is 0 Å². The van der Waals surface area contributed by atoms with Gasteiger partial charge in [0.2, 0.25) is 0 Å². The lowest BCUT2D eigenvalue weighted by atomic mass is 10.0. The molecule has 1 aromatic heterocycles. The minimum atomic E-state index is -0.153. The van der Waals surface area contributed by atoms with Gasteiger partial charge in [-0.3, -0.25) is 9.69 Å². The number of carbonyl (C=O) groups excluding carboxylic acids is 2. The van der Waals surface area contributed by atoms with E-state index in [0.717, 1.165) is 56.2 Å². The largest absolute Gasteiger partial charge is 0.344 e. The number of fused-ring (bicyclic) bond motifs is 1. The normalized spacial score (nSPS) is 23.5. The molecule has 2 amide bonds. The molecule has 164 valence electrons. The molecule has 31 heavy (non-hydrogen) atoms. The summed E-state index contributed by atoms with van der Waals surface area (Å²) >= 11 is 12.4. The summed E-state index contributed by atoms with van der Waals surface area (Å²) < 4.78 is 1.31. The van der Waals surface area contributed by atoms with Gasteiger partial charge in [-0.15, -0.1) is 0 Å². The molecule has 2 unspecified atom stereocenters. The first-order valence-electron chi connectivity index (χ1n) is 10.8. The van der Waals surface area contributed by atoms with Crippen molar-refractivity contribution in [1.82, 2.24) is 24.5 Å². The molecule has 0 N–H and O–H groups in total. The highest BCUT2D eigenvalue weighted by Gasteiger charge is 2.42. The molecule has 7 nitrogen and oxygen atoms in total. The Morgan fingerprint density at radius 3 is 2.42 bits per heavy atom. The molecule has 0 bridgehead atoms. The van der Waals surface area contributed by atoms with Crippen LogP contribution in [0.15, 0.2) is 30.6 Å². The predicted octanol–water partition coefficient (Wildman–Crippen LogP) is 3.46. The van der Waals surface area contributed by atoms with Crippen molar-refractivity contribution in [2.24, 2.45) is 11.8 Å². The second kappa shape index (κ2) is 8.45. The number of carbonyl (C=O) groups is 2. The Morgan fingerprint density at radius 1 is 1.00 bits per heavy atom. The molecule has 3 aliphatic rings. The maximum absolute atomic E-state index is 12.9. The highest BCUT2D eigenvalue weighted by molar-refractivity contribution is 6.33. The average Bonchev–Trinajstić information content (AvgIpc) is 3.53. The van der Waals surface area contributed by atoms with Crippen LogP contribution in [-0.4, -0.2) is 75.7 Å². The van der Waals surface area contributed by atoms with Gasteiger partial charge in [-0.2, -0.15) is 9.78 Å². The molecule has 3 fully saturated rings. The van der Waals surface area contributed by atoms with Crippen molar-refractivity contribution in [2.75, 3.05) is 39.3 Å². The van der Waals surface area contributed by atoms with Gasteiger partial charge in [0, 0.05) is 62.1 Å². The number of hydrogen-bond acceptors (Lipinski definition) is 4. The van der Waals surface area contributed by atoms with E-state index < -0.39 is 0 Å². The third-order valence-corrected chi connectivity index (χ3v) is 7.26. The fourth-order valence-electron chi connectivity index (χ4n) is 5.07. The minimum Gasteiger partial charge on any atom is -0.339 e. The zero-order valence-corrected chi connectivity index (χ0v) is 18.7. The molecule has 0 radical (unpaired) electrons. The van der Waals surface area contributed by atoms with Crippen molar-refractivity contribution >= 4 is 35.1 Å². The molecular formula is C22H25Cl2N5O2. The molecule has 2 atom stereocenters. The van der Waals surface area contributed by atoms with Crippen LogP contribution in [0.1, 0.15) is 28.8 Å². The molecule has 4 heterocycles. The van der Waals surface area contributed by atoms with Crippen LogP contribution in [-0.2, 0) is 6.54 Å². The van der Waals surface area contributed by atoms with E-state index in [2.05, 4.69) is 10.00 Å². The smallest absolute Gasteiger partial charge is 0.339 e. The van der Waals surface area contributed by atoms with Gasteiger partial charge in [-0.05, 0) is 48.4 Å². The second-order valence-corrected chi connectivity index (χ2v) is 9.65. The molecule has 0 spiro atoms.